The number of amides is 2. The van der Waals surface area contributed by atoms with Crippen molar-refractivity contribution in [3.05, 3.63) is 65.7 Å². The minimum Gasteiger partial charge on any atom is -0.352 e. The van der Waals surface area contributed by atoms with Gasteiger partial charge < -0.3 is 10.2 Å². The second-order valence-corrected chi connectivity index (χ2v) is 6.31. The molecule has 120 valence electrons. The highest BCUT2D eigenvalue weighted by atomic mass is 32.2. The van der Waals surface area contributed by atoms with Crippen molar-refractivity contribution in [1.82, 2.24) is 10.2 Å². The van der Waals surface area contributed by atoms with Gasteiger partial charge in [0.15, 0.2) is 0 Å². The molecular weight excluding hydrogens is 308 g/mol. The fourth-order valence-electron chi connectivity index (χ4n) is 1.97. The maximum absolute atomic E-state index is 12.0. The van der Waals surface area contributed by atoms with E-state index in [0.717, 1.165) is 16.9 Å². The number of thioether (sulfide) groups is 1. The summed E-state index contributed by atoms with van der Waals surface area (Å²) in [5.41, 5.74) is 1.75. The number of carbonyl (C=O) groups is 2. The van der Waals surface area contributed by atoms with Crippen LogP contribution in [0, 0.1) is 0 Å². The van der Waals surface area contributed by atoms with Gasteiger partial charge in [0.25, 0.3) is 11.1 Å². The van der Waals surface area contributed by atoms with E-state index in [1.54, 1.807) is 31.1 Å². The normalized spacial score (nSPS) is 10.2. The molecule has 2 aromatic rings. The van der Waals surface area contributed by atoms with E-state index in [-0.39, 0.29) is 11.1 Å². The lowest BCUT2D eigenvalue weighted by Crippen LogP contribution is -2.25. The molecule has 23 heavy (non-hydrogen) atoms. The summed E-state index contributed by atoms with van der Waals surface area (Å²) in [5, 5.41) is 2.90. The predicted molar refractivity (Wildman–Crippen MR) is 93.9 cm³/mol. The Kier molecular flexibility index (Phi) is 6.23. The van der Waals surface area contributed by atoms with Crippen LogP contribution >= 0.6 is 11.8 Å². The van der Waals surface area contributed by atoms with Crippen molar-refractivity contribution in [2.75, 3.05) is 20.6 Å². The minimum atomic E-state index is -0.0704. The van der Waals surface area contributed by atoms with Gasteiger partial charge in [-0.15, -0.1) is 0 Å². The molecule has 0 aliphatic heterocycles. The summed E-state index contributed by atoms with van der Waals surface area (Å²) in [5.74, 6) is -0.0704. The molecule has 2 amide bonds. The Labute approximate surface area is 140 Å². The fourth-order valence-corrected chi connectivity index (χ4v) is 2.71. The second-order valence-electron chi connectivity index (χ2n) is 5.28. The molecular formula is C18H20N2O2S. The summed E-state index contributed by atoms with van der Waals surface area (Å²) >= 11 is 1.20. The zero-order chi connectivity index (χ0) is 16.7. The van der Waals surface area contributed by atoms with Crippen LogP contribution in [0.15, 0.2) is 59.5 Å². The Hall–Kier alpha value is -2.27. The molecule has 0 aromatic heterocycles. The number of carbonyl (C=O) groups excluding carboxylic acids is 2. The fraction of sp³-hybridized carbons (Fsp3) is 0.222. The van der Waals surface area contributed by atoms with Gasteiger partial charge in [0, 0.05) is 31.1 Å². The molecule has 0 saturated heterocycles. The Morgan fingerprint density at radius 3 is 2.48 bits per heavy atom. The van der Waals surface area contributed by atoms with Crippen molar-refractivity contribution in [3.8, 4) is 0 Å². The summed E-state index contributed by atoms with van der Waals surface area (Å²) in [7, 11) is 3.47. The van der Waals surface area contributed by atoms with Gasteiger partial charge in [-0.3, -0.25) is 9.59 Å². The molecule has 0 bridgehead atoms. The third-order valence-corrected chi connectivity index (χ3v) is 4.23. The second kappa shape index (κ2) is 8.39. The highest BCUT2D eigenvalue weighted by Gasteiger charge is 2.07. The Bertz CT molecular complexity index is 672. The lowest BCUT2D eigenvalue weighted by Gasteiger charge is -2.10. The molecule has 0 aliphatic carbocycles. The van der Waals surface area contributed by atoms with E-state index in [0.29, 0.717) is 12.1 Å². The Morgan fingerprint density at radius 2 is 1.78 bits per heavy atom. The lowest BCUT2D eigenvalue weighted by atomic mass is 10.1. The van der Waals surface area contributed by atoms with E-state index in [4.69, 9.17) is 0 Å². The van der Waals surface area contributed by atoms with Crippen LogP contribution in [0.2, 0.25) is 0 Å². The molecule has 2 aromatic carbocycles. The molecule has 4 nitrogen and oxygen atoms in total. The SMILES string of the molecule is CN(C)C(=O)Sc1cccc(CCNC(=O)c2ccccc2)c1. The van der Waals surface area contributed by atoms with Crippen LogP contribution in [0.4, 0.5) is 4.79 Å². The van der Waals surface area contributed by atoms with Gasteiger partial charge in [-0.25, -0.2) is 0 Å². The summed E-state index contributed by atoms with van der Waals surface area (Å²) in [6, 6.07) is 17.0. The van der Waals surface area contributed by atoms with Crippen LogP contribution in [0.25, 0.3) is 0 Å². The summed E-state index contributed by atoms with van der Waals surface area (Å²) < 4.78 is 0. The molecule has 0 atom stereocenters. The van der Waals surface area contributed by atoms with Gasteiger partial charge in [-0.05, 0) is 48.0 Å². The van der Waals surface area contributed by atoms with Gasteiger partial charge in [0.2, 0.25) is 0 Å². The third-order valence-electron chi connectivity index (χ3n) is 3.20. The highest BCUT2D eigenvalue weighted by molar-refractivity contribution is 8.13. The first-order valence-electron chi connectivity index (χ1n) is 7.37. The van der Waals surface area contributed by atoms with Crippen molar-refractivity contribution >= 4 is 22.9 Å². The molecule has 0 saturated carbocycles. The third kappa shape index (κ3) is 5.45. The Balaban J connectivity index is 1.86. The van der Waals surface area contributed by atoms with Crippen LogP contribution in [0.5, 0.6) is 0 Å². The summed E-state index contributed by atoms with van der Waals surface area (Å²) in [4.78, 5) is 26.1. The number of nitrogens with one attached hydrogen (secondary N) is 1. The molecule has 0 radical (unpaired) electrons. The van der Waals surface area contributed by atoms with Crippen molar-refractivity contribution in [2.45, 2.75) is 11.3 Å². The van der Waals surface area contributed by atoms with E-state index in [1.165, 1.54) is 11.8 Å². The highest BCUT2D eigenvalue weighted by Crippen LogP contribution is 2.21. The average molecular weight is 328 g/mol. The molecule has 0 spiro atoms. The van der Waals surface area contributed by atoms with Crippen molar-refractivity contribution in [3.63, 3.8) is 0 Å². The minimum absolute atomic E-state index is 0.000435. The molecule has 1 N–H and O–H groups in total. The first kappa shape index (κ1) is 17.1. The summed E-state index contributed by atoms with van der Waals surface area (Å²) in [6.07, 6.45) is 0.725. The van der Waals surface area contributed by atoms with E-state index in [2.05, 4.69) is 5.32 Å². The smallest absolute Gasteiger partial charge is 0.285 e. The van der Waals surface area contributed by atoms with Gasteiger partial charge in [-0.1, -0.05) is 30.3 Å². The standard InChI is InChI=1S/C18H20N2O2S/c1-20(2)18(22)23-16-10-6-7-14(13-16)11-12-19-17(21)15-8-4-3-5-9-15/h3-10,13H,11-12H2,1-2H3,(H,19,21). The van der Waals surface area contributed by atoms with Gasteiger partial charge >= 0.3 is 0 Å². The van der Waals surface area contributed by atoms with Gasteiger partial charge in [0.05, 0.1) is 0 Å². The number of hydrogen-bond donors (Lipinski definition) is 1. The first-order valence-corrected chi connectivity index (χ1v) is 8.19. The van der Waals surface area contributed by atoms with Crippen LogP contribution in [0.3, 0.4) is 0 Å². The summed E-state index contributed by atoms with van der Waals surface area (Å²) in [6.45, 7) is 0.559. The zero-order valence-corrected chi connectivity index (χ0v) is 14.1. The zero-order valence-electron chi connectivity index (χ0n) is 13.3. The first-order chi connectivity index (χ1) is 11.1. The van der Waals surface area contributed by atoms with Crippen LogP contribution in [0.1, 0.15) is 15.9 Å². The van der Waals surface area contributed by atoms with E-state index < -0.39 is 0 Å². The topological polar surface area (TPSA) is 49.4 Å². The largest absolute Gasteiger partial charge is 0.352 e. The van der Waals surface area contributed by atoms with Crippen LogP contribution < -0.4 is 5.32 Å². The van der Waals surface area contributed by atoms with Crippen molar-refractivity contribution in [1.29, 1.82) is 0 Å². The maximum atomic E-state index is 12.0. The van der Waals surface area contributed by atoms with E-state index in [1.807, 2.05) is 42.5 Å². The average Bonchev–Trinajstić information content (AvgIpc) is 2.56. The molecule has 0 fully saturated rings. The van der Waals surface area contributed by atoms with Crippen molar-refractivity contribution < 1.29 is 9.59 Å². The molecule has 2 rings (SSSR count). The number of nitrogens with zero attached hydrogens (tertiary/aromatic N) is 1. The Morgan fingerprint density at radius 1 is 1.04 bits per heavy atom. The van der Waals surface area contributed by atoms with E-state index in [9.17, 15) is 9.59 Å². The lowest BCUT2D eigenvalue weighted by molar-refractivity contribution is 0.0954. The maximum Gasteiger partial charge on any atom is 0.285 e. The quantitative estimate of drug-likeness (QED) is 0.856. The van der Waals surface area contributed by atoms with Crippen LogP contribution in [-0.2, 0) is 6.42 Å². The number of benzene rings is 2. The molecule has 0 heterocycles. The number of hydrogen-bond acceptors (Lipinski definition) is 3. The van der Waals surface area contributed by atoms with Gasteiger partial charge in [-0.2, -0.15) is 0 Å². The van der Waals surface area contributed by atoms with Crippen LogP contribution in [-0.4, -0.2) is 36.7 Å². The molecule has 0 unspecified atom stereocenters. The monoisotopic (exact) mass is 328 g/mol. The number of rotatable bonds is 5. The molecule has 5 heteroatoms. The predicted octanol–water partition coefficient (Wildman–Crippen LogP) is 3.43. The van der Waals surface area contributed by atoms with Gasteiger partial charge in [0.1, 0.15) is 0 Å². The van der Waals surface area contributed by atoms with E-state index >= 15 is 0 Å². The van der Waals surface area contributed by atoms with Crippen molar-refractivity contribution in [2.24, 2.45) is 0 Å². The molecule has 0 aliphatic rings.